The Morgan fingerprint density at radius 1 is 1.31 bits per heavy atom. The summed E-state index contributed by atoms with van der Waals surface area (Å²) in [5.41, 5.74) is 1.72. The molecule has 1 aliphatic rings. The van der Waals surface area contributed by atoms with Crippen LogP contribution in [0, 0.1) is 5.41 Å². The number of fused-ring (bicyclic) bond motifs is 1. The van der Waals surface area contributed by atoms with Crippen molar-refractivity contribution < 1.29 is 9.59 Å². The van der Waals surface area contributed by atoms with Crippen LogP contribution in [0.15, 0.2) is 28.6 Å². The van der Waals surface area contributed by atoms with Gasteiger partial charge in [0, 0.05) is 17.1 Å². The summed E-state index contributed by atoms with van der Waals surface area (Å²) < 4.78 is 0.669. The van der Waals surface area contributed by atoms with Crippen LogP contribution in [0.4, 0.5) is 10.8 Å². The number of hydrogen-bond acceptors (Lipinski definition) is 6. The first kappa shape index (κ1) is 18.8. The Bertz CT molecular complexity index is 829. The van der Waals surface area contributed by atoms with E-state index in [0.29, 0.717) is 15.2 Å². The second-order valence-electron chi connectivity index (χ2n) is 7.31. The molecule has 0 fully saturated rings. The molecular weight excluding hydrogens is 368 g/mol. The highest BCUT2D eigenvalue weighted by molar-refractivity contribution is 8.01. The van der Waals surface area contributed by atoms with E-state index in [1.165, 1.54) is 28.7 Å². The minimum atomic E-state index is -0.492. The van der Waals surface area contributed by atoms with Crippen molar-refractivity contribution >= 4 is 45.7 Å². The second-order valence-corrected chi connectivity index (χ2v) is 9.51. The van der Waals surface area contributed by atoms with Crippen LogP contribution in [-0.2, 0) is 16.0 Å². The Hall–Kier alpha value is -1.93. The van der Waals surface area contributed by atoms with Gasteiger partial charge < -0.3 is 10.2 Å². The number of carbonyl (C=O) groups excluding carboxylic acids is 2. The van der Waals surface area contributed by atoms with Crippen molar-refractivity contribution in [3.8, 4) is 0 Å². The van der Waals surface area contributed by atoms with Crippen LogP contribution in [0.25, 0.3) is 0 Å². The second kappa shape index (κ2) is 7.36. The van der Waals surface area contributed by atoms with Crippen molar-refractivity contribution in [1.29, 1.82) is 0 Å². The van der Waals surface area contributed by atoms with Crippen molar-refractivity contribution in [2.24, 2.45) is 5.41 Å². The van der Waals surface area contributed by atoms with Gasteiger partial charge in [0.05, 0.1) is 5.75 Å². The van der Waals surface area contributed by atoms with Crippen molar-refractivity contribution in [3.63, 3.8) is 0 Å². The molecule has 0 unspecified atom stereocenters. The quantitative estimate of drug-likeness (QED) is 0.638. The van der Waals surface area contributed by atoms with Crippen LogP contribution >= 0.6 is 23.1 Å². The number of thioether (sulfide) groups is 1. The van der Waals surface area contributed by atoms with Crippen molar-refractivity contribution in [3.05, 3.63) is 29.8 Å². The lowest BCUT2D eigenvalue weighted by Gasteiger charge is -2.22. The van der Waals surface area contributed by atoms with E-state index in [4.69, 9.17) is 0 Å². The fourth-order valence-corrected chi connectivity index (χ4v) is 4.35. The van der Waals surface area contributed by atoms with Gasteiger partial charge in [0.2, 0.25) is 16.9 Å². The molecule has 1 aliphatic heterocycles. The molecule has 0 saturated heterocycles. The predicted octanol–water partition coefficient (Wildman–Crippen LogP) is 3.59. The maximum Gasteiger partial charge on any atom is 0.237 e. The summed E-state index contributed by atoms with van der Waals surface area (Å²) in [4.78, 5) is 26.6. The van der Waals surface area contributed by atoms with Crippen LogP contribution in [0.2, 0.25) is 0 Å². The Kier molecular flexibility index (Phi) is 5.34. The predicted molar refractivity (Wildman–Crippen MR) is 106 cm³/mol. The topological polar surface area (TPSA) is 75.2 Å². The molecule has 6 nitrogen and oxygen atoms in total. The van der Waals surface area contributed by atoms with Gasteiger partial charge in [-0.05, 0) is 25.0 Å². The lowest BCUT2D eigenvalue weighted by molar-refractivity contribution is -0.123. The van der Waals surface area contributed by atoms with E-state index < -0.39 is 5.41 Å². The number of carbonyl (C=O) groups is 2. The van der Waals surface area contributed by atoms with Gasteiger partial charge in [0.15, 0.2) is 4.34 Å². The minimum absolute atomic E-state index is 0.0583. The van der Waals surface area contributed by atoms with Crippen LogP contribution < -0.4 is 10.2 Å². The van der Waals surface area contributed by atoms with Crippen molar-refractivity contribution in [2.45, 2.75) is 44.5 Å². The maximum absolute atomic E-state index is 12.7. The van der Waals surface area contributed by atoms with Crippen LogP contribution in [-0.4, -0.2) is 33.8 Å². The molecule has 0 radical (unpaired) electrons. The largest absolute Gasteiger partial charge is 0.308 e. The zero-order chi connectivity index (χ0) is 18.9. The number of nitrogens with one attached hydrogen (secondary N) is 1. The first-order valence-electron chi connectivity index (χ1n) is 8.43. The van der Waals surface area contributed by atoms with Gasteiger partial charge in [-0.1, -0.05) is 62.1 Å². The first-order chi connectivity index (χ1) is 12.3. The van der Waals surface area contributed by atoms with E-state index in [2.05, 4.69) is 28.5 Å². The van der Waals surface area contributed by atoms with Gasteiger partial charge >= 0.3 is 0 Å². The lowest BCUT2D eigenvalue weighted by atomic mass is 9.96. The zero-order valence-electron chi connectivity index (χ0n) is 15.3. The molecule has 1 atom stereocenters. The molecule has 3 rings (SSSR count). The number of anilines is 2. The smallest absolute Gasteiger partial charge is 0.237 e. The van der Waals surface area contributed by atoms with E-state index in [-0.39, 0.29) is 17.9 Å². The highest BCUT2D eigenvalue weighted by atomic mass is 32.2. The summed E-state index contributed by atoms with van der Waals surface area (Å²) in [6, 6.07) is 8.19. The summed E-state index contributed by atoms with van der Waals surface area (Å²) in [6.45, 7) is 7.58. The SMILES string of the molecule is C[C@H]1Cc2ccccc2N1C(=O)CSc1nnc(NC(=O)C(C)(C)C)s1. The molecule has 0 bridgehead atoms. The monoisotopic (exact) mass is 390 g/mol. The number of para-hydroxylation sites is 1. The van der Waals surface area contributed by atoms with E-state index in [1.54, 1.807) is 0 Å². The summed E-state index contributed by atoms with van der Waals surface area (Å²) >= 11 is 2.64. The number of rotatable bonds is 4. The number of nitrogens with zero attached hydrogens (tertiary/aromatic N) is 3. The van der Waals surface area contributed by atoms with Crippen LogP contribution in [0.3, 0.4) is 0 Å². The molecule has 0 aliphatic carbocycles. The Morgan fingerprint density at radius 3 is 2.77 bits per heavy atom. The van der Waals surface area contributed by atoms with Crippen LogP contribution in [0.1, 0.15) is 33.3 Å². The summed E-state index contributed by atoms with van der Waals surface area (Å²) in [5, 5.41) is 11.3. The molecule has 0 spiro atoms. The van der Waals surface area contributed by atoms with Crippen molar-refractivity contribution in [2.75, 3.05) is 16.0 Å². The number of benzene rings is 1. The molecule has 138 valence electrons. The van der Waals surface area contributed by atoms with E-state index in [1.807, 2.05) is 43.9 Å². The fourth-order valence-electron chi connectivity index (χ4n) is 2.74. The van der Waals surface area contributed by atoms with Crippen molar-refractivity contribution in [1.82, 2.24) is 10.2 Å². The highest BCUT2D eigenvalue weighted by Crippen LogP contribution is 2.33. The van der Waals surface area contributed by atoms with Gasteiger partial charge in [0.1, 0.15) is 0 Å². The van der Waals surface area contributed by atoms with Gasteiger partial charge in [-0.25, -0.2) is 0 Å². The van der Waals surface area contributed by atoms with Crippen LogP contribution in [0.5, 0.6) is 0 Å². The number of aromatic nitrogens is 2. The van der Waals surface area contributed by atoms with E-state index >= 15 is 0 Å². The summed E-state index contributed by atoms with van der Waals surface area (Å²) in [7, 11) is 0. The lowest BCUT2D eigenvalue weighted by Crippen LogP contribution is -2.36. The molecule has 1 aromatic heterocycles. The maximum atomic E-state index is 12.7. The van der Waals surface area contributed by atoms with Gasteiger partial charge in [-0.2, -0.15) is 0 Å². The third-order valence-electron chi connectivity index (χ3n) is 4.10. The Morgan fingerprint density at radius 2 is 2.04 bits per heavy atom. The molecule has 26 heavy (non-hydrogen) atoms. The normalized spacial score (nSPS) is 16.5. The molecule has 2 amide bonds. The van der Waals surface area contributed by atoms with E-state index in [9.17, 15) is 9.59 Å². The average molecular weight is 391 g/mol. The molecule has 1 N–H and O–H groups in total. The average Bonchev–Trinajstić information content (AvgIpc) is 3.14. The molecule has 1 aromatic carbocycles. The molecule has 8 heteroatoms. The first-order valence-corrected chi connectivity index (χ1v) is 10.2. The van der Waals surface area contributed by atoms with Gasteiger partial charge in [0.25, 0.3) is 0 Å². The third kappa shape index (κ3) is 4.07. The minimum Gasteiger partial charge on any atom is -0.308 e. The van der Waals surface area contributed by atoms with Gasteiger partial charge in [-0.15, -0.1) is 10.2 Å². The van der Waals surface area contributed by atoms with Gasteiger partial charge in [-0.3, -0.25) is 9.59 Å². The fraction of sp³-hybridized carbons (Fsp3) is 0.444. The highest BCUT2D eigenvalue weighted by Gasteiger charge is 2.30. The van der Waals surface area contributed by atoms with E-state index in [0.717, 1.165) is 12.1 Å². The third-order valence-corrected chi connectivity index (χ3v) is 6.06. The summed E-state index contributed by atoms with van der Waals surface area (Å²) in [6.07, 6.45) is 0.883. The Balaban J connectivity index is 1.60. The zero-order valence-corrected chi connectivity index (χ0v) is 16.9. The Labute approximate surface area is 161 Å². The summed E-state index contributed by atoms with van der Waals surface area (Å²) in [5.74, 6) is 0.243. The number of amides is 2. The molecule has 2 aromatic rings. The standard InChI is InChI=1S/C18H22N4O2S2/c1-11-9-12-7-5-6-8-13(12)22(11)14(23)10-25-17-21-20-16(26-17)19-15(24)18(2,3)4/h5-8,11H,9-10H2,1-4H3,(H,19,20,24)/t11-/m0/s1. The number of hydrogen-bond donors (Lipinski definition) is 1. The molecular formula is C18H22N4O2S2. The molecule has 2 heterocycles. The molecule has 0 saturated carbocycles.